The van der Waals surface area contributed by atoms with E-state index in [9.17, 15) is 4.79 Å². The van der Waals surface area contributed by atoms with Crippen molar-refractivity contribution in [2.45, 2.75) is 6.92 Å². The minimum Gasteiger partial charge on any atom is -0.427 e. The number of ether oxygens (including phenoxy) is 1. The standard InChI is InChI=1S/C24H16ClN3O2S/c1-15(29)30-19-9-5-6-16(12-19)23-20(14-28(27-23)18-7-3-2-4-8-18)24-26-21-13-17(25)10-11-22(21)31-24/h2-14H,1H3. The number of benzene rings is 3. The molecule has 0 saturated heterocycles. The summed E-state index contributed by atoms with van der Waals surface area (Å²) in [6.07, 6.45) is 1.97. The molecule has 3 aromatic carbocycles. The number of halogens is 1. The number of nitrogens with zero attached hydrogens (tertiary/aromatic N) is 3. The van der Waals surface area contributed by atoms with Crippen molar-refractivity contribution in [2.24, 2.45) is 0 Å². The molecule has 0 bridgehead atoms. The zero-order chi connectivity index (χ0) is 21.4. The van der Waals surface area contributed by atoms with Crippen LogP contribution in [0, 0.1) is 0 Å². The highest BCUT2D eigenvalue weighted by Gasteiger charge is 2.18. The second kappa shape index (κ2) is 7.98. The number of carbonyl (C=O) groups is 1. The lowest BCUT2D eigenvalue weighted by molar-refractivity contribution is -0.131. The van der Waals surface area contributed by atoms with Crippen LogP contribution >= 0.6 is 22.9 Å². The van der Waals surface area contributed by atoms with E-state index in [1.165, 1.54) is 6.92 Å². The van der Waals surface area contributed by atoms with E-state index in [0.717, 1.165) is 37.7 Å². The molecule has 2 aromatic heterocycles. The molecule has 0 unspecified atom stereocenters. The molecule has 152 valence electrons. The summed E-state index contributed by atoms with van der Waals surface area (Å²) < 4.78 is 8.16. The van der Waals surface area contributed by atoms with Gasteiger partial charge in [0.2, 0.25) is 0 Å². The number of para-hydroxylation sites is 1. The smallest absolute Gasteiger partial charge is 0.308 e. The number of hydrogen-bond acceptors (Lipinski definition) is 5. The largest absolute Gasteiger partial charge is 0.427 e. The third-order valence-corrected chi connectivity index (χ3v) is 5.99. The maximum Gasteiger partial charge on any atom is 0.308 e. The Hall–Kier alpha value is -3.48. The molecular formula is C24H16ClN3O2S. The summed E-state index contributed by atoms with van der Waals surface area (Å²) in [5, 5.41) is 6.34. The highest BCUT2D eigenvalue weighted by atomic mass is 35.5. The zero-order valence-electron chi connectivity index (χ0n) is 16.4. The van der Waals surface area contributed by atoms with Gasteiger partial charge in [0.15, 0.2) is 0 Å². The first kappa shape index (κ1) is 19.5. The number of hydrogen-bond donors (Lipinski definition) is 0. The molecule has 7 heteroatoms. The quantitative estimate of drug-likeness (QED) is 0.237. The number of carbonyl (C=O) groups excluding carboxylic acids is 1. The third-order valence-electron chi connectivity index (χ3n) is 4.68. The number of aromatic nitrogens is 3. The van der Waals surface area contributed by atoms with Gasteiger partial charge in [-0.2, -0.15) is 5.10 Å². The molecule has 5 rings (SSSR count). The van der Waals surface area contributed by atoms with E-state index in [1.807, 2.05) is 77.6 Å². The van der Waals surface area contributed by atoms with Crippen molar-refractivity contribution in [2.75, 3.05) is 0 Å². The minimum absolute atomic E-state index is 0.366. The first-order chi connectivity index (χ1) is 15.1. The van der Waals surface area contributed by atoms with Crippen LogP contribution in [0.15, 0.2) is 79.0 Å². The molecular weight excluding hydrogens is 430 g/mol. The summed E-state index contributed by atoms with van der Waals surface area (Å²) in [5.41, 5.74) is 4.26. The Morgan fingerprint density at radius 1 is 1.03 bits per heavy atom. The molecule has 31 heavy (non-hydrogen) atoms. The Morgan fingerprint density at radius 3 is 2.68 bits per heavy atom. The van der Waals surface area contributed by atoms with Crippen LogP contribution < -0.4 is 4.74 Å². The van der Waals surface area contributed by atoms with E-state index in [2.05, 4.69) is 0 Å². The predicted molar refractivity (Wildman–Crippen MR) is 124 cm³/mol. The van der Waals surface area contributed by atoms with E-state index < -0.39 is 0 Å². The molecule has 0 aliphatic rings. The second-order valence-electron chi connectivity index (χ2n) is 6.92. The van der Waals surface area contributed by atoms with Crippen LogP contribution in [0.5, 0.6) is 5.75 Å². The van der Waals surface area contributed by atoms with E-state index in [4.69, 9.17) is 26.4 Å². The van der Waals surface area contributed by atoms with Gasteiger partial charge in [0.25, 0.3) is 0 Å². The molecule has 0 aliphatic heterocycles. The van der Waals surface area contributed by atoms with E-state index in [1.54, 1.807) is 17.4 Å². The van der Waals surface area contributed by atoms with Crippen LogP contribution in [0.3, 0.4) is 0 Å². The molecule has 2 heterocycles. The minimum atomic E-state index is -0.366. The van der Waals surface area contributed by atoms with Crippen LogP contribution in [0.1, 0.15) is 6.92 Å². The van der Waals surface area contributed by atoms with Gasteiger partial charge in [0, 0.05) is 23.7 Å². The van der Waals surface area contributed by atoms with Crippen LogP contribution in [-0.4, -0.2) is 20.7 Å². The fourth-order valence-electron chi connectivity index (χ4n) is 3.35. The Morgan fingerprint density at radius 2 is 1.87 bits per heavy atom. The monoisotopic (exact) mass is 445 g/mol. The highest BCUT2D eigenvalue weighted by Crippen LogP contribution is 2.38. The summed E-state index contributed by atoms with van der Waals surface area (Å²) in [4.78, 5) is 16.2. The van der Waals surface area contributed by atoms with E-state index >= 15 is 0 Å². The Kier molecular flexibility index (Phi) is 5.02. The SMILES string of the molecule is CC(=O)Oc1cccc(-c2nn(-c3ccccc3)cc2-c2nc3cc(Cl)ccc3s2)c1. The average molecular weight is 446 g/mol. The first-order valence-electron chi connectivity index (χ1n) is 9.57. The van der Waals surface area contributed by atoms with Crippen LogP contribution in [0.25, 0.3) is 37.7 Å². The van der Waals surface area contributed by atoms with Gasteiger partial charge in [-0.15, -0.1) is 11.3 Å². The van der Waals surface area contributed by atoms with Crippen molar-refractivity contribution in [3.8, 4) is 33.3 Å². The van der Waals surface area contributed by atoms with Crippen LogP contribution in [0.2, 0.25) is 5.02 Å². The molecule has 0 spiro atoms. The fourth-order valence-corrected chi connectivity index (χ4v) is 4.47. The van der Waals surface area contributed by atoms with Crippen LogP contribution in [-0.2, 0) is 4.79 Å². The van der Waals surface area contributed by atoms with Crippen molar-refractivity contribution in [1.82, 2.24) is 14.8 Å². The molecule has 0 aliphatic carbocycles. The zero-order valence-corrected chi connectivity index (χ0v) is 18.0. The summed E-state index contributed by atoms with van der Waals surface area (Å²) in [6.45, 7) is 1.38. The fraction of sp³-hybridized carbons (Fsp3) is 0.0417. The van der Waals surface area contributed by atoms with Gasteiger partial charge < -0.3 is 4.74 Å². The Bertz CT molecular complexity index is 1410. The van der Waals surface area contributed by atoms with Crippen molar-refractivity contribution in [1.29, 1.82) is 0 Å². The normalized spacial score (nSPS) is 11.0. The van der Waals surface area contributed by atoms with E-state index in [0.29, 0.717) is 10.8 Å². The maximum absolute atomic E-state index is 11.4. The predicted octanol–water partition coefficient (Wildman–Crippen LogP) is 6.39. The number of thiazole rings is 1. The summed E-state index contributed by atoms with van der Waals surface area (Å²) in [5.74, 6) is 0.108. The van der Waals surface area contributed by atoms with Crippen LogP contribution in [0.4, 0.5) is 0 Å². The lowest BCUT2D eigenvalue weighted by Gasteiger charge is -2.04. The third kappa shape index (κ3) is 3.95. The van der Waals surface area contributed by atoms with E-state index in [-0.39, 0.29) is 5.97 Å². The summed E-state index contributed by atoms with van der Waals surface area (Å²) >= 11 is 7.73. The summed E-state index contributed by atoms with van der Waals surface area (Å²) in [7, 11) is 0. The Labute approximate surface area is 187 Å². The Balaban J connectivity index is 1.69. The number of rotatable bonds is 4. The topological polar surface area (TPSA) is 57.0 Å². The lowest BCUT2D eigenvalue weighted by Crippen LogP contribution is -2.01. The van der Waals surface area contributed by atoms with Gasteiger partial charge in [0.1, 0.15) is 16.5 Å². The average Bonchev–Trinajstić information content (AvgIpc) is 3.38. The first-order valence-corrected chi connectivity index (χ1v) is 10.8. The number of esters is 1. The molecule has 0 amide bonds. The van der Waals surface area contributed by atoms with Crippen molar-refractivity contribution in [3.05, 3.63) is 84.0 Å². The molecule has 0 saturated carbocycles. The molecule has 0 atom stereocenters. The maximum atomic E-state index is 11.4. The summed E-state index contributed by atoms with van der Waals surface area (Å²) in [6, 6.07) is 22.9. The van der Waals surface area contributed by atoms with Crippen molar-refractivity contribution < 1.29 is 9.53 Å². The molecule has 0 fully saturated rings. The van der Waals surface area contributed by atoms with Gasteiger partial charge in [-0.3, -0.25) is 4.79 Å². The van der Waals surface area contributed by atoms with Gasteiger partial charge in [-0.25, -0.2) is 9.67 Å². The van der Waals surface area contributed by atoms with Gasteiger partial charge >= 0.3 is 5.97 Å². The van der Waals surface area contributed by atoms with Crippen molar-refractivity contribution >= 4 is 39.1 Å². The molecule has 0 radical (unpaired) electrons. The van der Waals surface area contributed by atoms with Gasteiger partial charge in [0.05, 0.1) is 21.5 Å². The number of fused-ring (bicyclic) bond motifs is 1. The lowest BCUT2D eigenvalue weighted by atomic mass is 10.1. The molecule has 5 nitrogen and oxygen atoms in total. The second-order valence-corrected chi connectivity index (χ2v) is 8.39. The molecule has 0 N–H and O–H groups in total. The van der Waals surface area contributed by atoms with Gasteiger partial charge in [-0.1, -0.05) is 41.9 Å². The highest BCUT2D eigenvalue weighted by molar-refractivity contribution is 7.21. The van der Waals surface area contributed by atoms with Crippen molar-refractivity contribution in [3.63, 3.8) is 0 Å². The molecule has 5 aromatic rings. The van der Waals surface area contributed by atoms with Gasteiger partial charge in [-0.05, 0) is 42.5 Å².